The molecule has 0 aromatic carbocycles. The molecule has 1 amide bonds. The van der Waals surface area contributed by atoms with Gasteiger partial charge in [-0.1, -0.05) is 0 Å². The predicted octanol–water partition coefficient (Wildman–Crippen LogP) is 3.93. The van der Waals surface area contributed by atoms with Crippen molar-refractivity contribution in [3.63, 3.8) is 0 Å². The third kappa shape index (κ3) is 4.61. The van der Waals surface area contributed by atoms with Crippen LogP contribution in [0.5, 0.6) is 5.75 Å². The molecule has 3 atom stereocenters. The van der Waals surface area contributed by atoms with Crippen LogP contribution in [0.2, 0.25) is 0 Å². The Kier molecular flexibility index (Phi) is 5.16. The van der Waals surface area contributed by atoms with Crippen LogP contribution < -0.4 is 4.74 Å². The van der Waals surface area contributed by atoms with E-state index in [2.05, 4.69) is 4.98 Å². The fraction of sp³-hybridized carbons (Fsp3) is 0.684. The maximum Gasteiger partial charge on any atom is 0.410 e. The van der Waals surface area contributed by atoms with Crippen molar-refractivity contribution in [2.75, 3.05) is 19.8 Å². The number of hydrogen-bond acceptors (Lipinski definition) is 4. The third-order valence-corrected chi connectivity index (χ3v) is 4.78. The molecule has 0 N–H and O–H groups in total. The second kappa shape index (κ2) is 7.18. The third-order valence-electron chi connectivity index (χ3n) is 4.78. The second-order valence-electron chi connectivity index (χ2n) is 7.96. The molecule has 1 aromatic heterocycles. The summed E-state index contributed by atoms with van der Waals surface area (Å²) < 4.78 is 23.7. The van der Waals surface area contributed by atoms with Gasteiger partial charge in [-0.15, -0.1) is 0 Å². The second-order valence-corrected chi connectivity index (χ2v) is 7.96. The summed E-state index contributed by atoms with van der Waals surface area (Å²) in [4.78, 5) is 18.1. The van der Waals surface area contributed by atoms with Crippen molar-refractivity contribution >= 4 is 6.09 Å². The smallest absolute Gasteiger partial charge is 0.410 e. The van der Waals surface area contributed by atoms with Crippen molar-refractivity contribution in [2.45, 2.75) is 57.6 Å². The highest BCUT2D eigenvalue weighted by Gasteiger charge is 2.38. The predicted molar refractivity (Wildman–Crippen MR) is 92.5 cm³/mol. The Morgan fingerprint density at radius 2 is 2.20 bits per heavy atom. The maximum atomic E-state index is 12.4. The molecule has 6 heteroatoms. The Labute approximate surface area is 148 Å². The number of alkyl halides is 1. The topological polar surface area (TPSA) is 51.7 Å². The molecule has 0 spiro atoms. The normalized spacial score (nSPS) is 25.3. The highest BCUT2D eigenvalue weighted by atomic mass is 19.1. The first-order chi connectivity index (χ1) is 11.9. The number of carbonyl (C=O) groups excluding carboxylic acids is 1. The number of pyridine rings is 1. The van der Waals surface area contributed by atoms with Crippen LogP contribution in [0.3, 0.4) is 0 Å². The number of hydrogen-bond donors (Lipinski definition) is 0. The van der Waals surface area contributed by atoms with Gasteiger partial charge >= 0.3 is 6.09 Å². The molecule has 1 saturated heterocycles. The van der Waals surface area contributed by atoms with Gasteiger partial charge in [0.25, 0.3) is 0 Å². The number of likely N-dealkylation sites (tertiary alicyclic amines) is 1. The zero-order valence-electron chi connectivity index (χ0n) is 15.2. The van der Waals surface area contributed by atoms with Gasteiger partial charge in [0.2, 0.25) is 0 Å². The number of nitrogens with zero attached hydrogens (tertiary/aromatic N) is 2. The van der Waals surface area contributed by atoms with Crippen LogP contribution >= 0.6 is 0 Å². The Bertz CT molecular complexity index is 617. The first kappa shape index (κ1) is 18.0. The van der Waals surface area contributed by atoms with Crippen molar-refractivity contribution < 1.29 is 18.7 Å². The molecule has 2 aliphatic rings. The van der Waals surface area contributed by atoms with Gasteiger partial charge in [-0.05, 0) is 63.5 Å². The Balaban J connectivity index is 1.50. The fourth-order valence-corrected chi connectivity index (χ4v) is 3.20. The number of rotatable bonds is 6. The Hall–Kier alpha value is -1.85. The first-order valence-corrected chi connectivity index (χ1v) is 9.00. The van der Waals surface area contributed by atoms with E-state index in [0.29, 0.717) is 37.2 Å². The molecule has 1 saturated carbocycles. The highest BCUT2D eigenvalue weighted by Crippen LogP contribution is 2.49. The van der Waals surface area contributed by atoms with Crippen molar-refractivity contribution in [3.05, 3.63) is 24.0 Å². The van der Waals surface area contributed by atoms with Crippen LogP contribution in [-0.4, -0.2) is 47.4 Å². The average Bonchev–Trinajstić information content (AvgIpc) is 3.24. The SMILES string of the molecule is CC(C)(C)OC(=O)N1CC[C@H]1COc1cncc([C@@H]2CC2CCF)c1. The molecular weight excluding hydrogens is 323 g/mol. The largest absolute Gasteiger partial charge is 0.490 e. The van der Waals surface area contributed by atoms with Crippen LogP contribution in [0.1, 0.15) is 51.5 Å². The van der Waals surface area contributed by atoms with E-state index in [0.717, 1.165) is 18.4 Å². The zero-order chi connectivity index (χ0) is 18.0. The van der Waals surface area contributed by atoms with Crippen LogP contribution in [0.4, 0.5) is 9.18 Å². The van der Waals surface area contributed by atoms with Crippen molar-refractivity contribution in [1.82, 2.24) is 9.88 Å². The lowest BCUT2D eigenvalue weighted by Crippen LogP contribution is -2.55. The average molecular weight is 350 g/mol. The lowest BCUT2D eigenvalue weighted by molar-refractivity contribution is -0.0141. The molecule has 25 heavy (non-hydrogen) atoms. The number of aromatic nitrogens is 1. The van der Waals surface area contributed by atoms with Crippen molar-refractivity contribution in [2.24, 2.45) is 5.92 Å². The molecule has 138 valence electrons. The van der Waals surface area contributed by atoms with Crippen molar-refractivity contribution in [1.29, 1.82) is 0 Å². The van der Waals surface area contributed by atoms with Crippen molar-refractivity contribution in [3.8, 4) is 5.75 Å². The van der Waals surface area contributed by atoms with Gasteiger partial charge in [0, 0.05) is 12.7 Å². The van der Waals surface area contributed by atoms with E-state index < -0.39 is 5.60 Å². The van der Waals surface area contributed by atoms with Gasteiger partial charge in [-0.2, -0.15) is 0 Å². The van der Waals surface area contributed by atoms with Gasteiger partial charge in [0.1, 0.15) is 18.0 Å². The molecule has 1 aliphatic heterocycles. The van der Waals surface area contributed by atoms with Gasteiger partial charge in [0.15, 0.2) is 0 Å². The monoisotopic (exact) mass is 350 g/mol. The molecule has 2 fully saturated rings. The lowest BCUT2D eigenvalue weighted by atomic mass is 10.1. The summed E-state index contributed by atoms with van der Waals surface area (Å²) in [6.07, 6.45) is 5.81. The number of amides is 1. The van der Waals surface area contributed by atoms with Crippen LogP contribution in [0, 0.1) is 5.92 Å². The van der Waals surface area contributed by atoms with Gasteiger partial charge in [-0.25, -0.2) is 4.79 Å². The van der Waals surface area contributed by atoms with Gasteiger partial charge in [-0.3, -0.25) is 9.37 Å². The fourth-order valence-electron chi connectivity index (χ4n) is 3.20. The minimum Gasteiger partial charge on any atom is -0.490 e. The number of carbonyl (C=O) groups is 1. The highest BCUT2D eigenvalue weighted by molar-refractivity contribution is 5.69. The maximum absolute atomic E-state index is 12.4. The standard InChI is InChI=1S/C19H27FN2O3/c1-19(2,3)25-18(23)22-7-5-15(22)12-24-16-8-14(10-21-11-16)17-9-13(17)4-6-20/h8,10-11,13,15,17H,4-7,9,12H2,1-3H3/t13?,15-,17+/m0/s1. The number of halogens is 1. The molecule has 0 bridgehead atoms. The van der Waals surface area contributed by atoms with E-state index in [1.54, 1.807) is 11.1 Å². The van der Waals surface area contributed by atoms with Crippen LogP contribution in [0.25, 0.3) is 0 Å². The summed E-state index contributed by atoms with van der Waals surface area (Å²) in [5.74, 6) is 1.56. The summed E-state index contributed by atoms with van der Waals surface area (Å²) in [6, 6.07) is 2.03. The van der Waals surface area contributed by atoms with E-state index in [9.17, 15) is 9.18 Å². The van der Waals surface area contributed by atoms with Gasteiger partial charge in [0.05, 0.1) is 18.9 Å². The molecule has 1 unspecified atom stereocenters. The summed E-state index contributed by atoms with van der Waals surface area (Å²) in [5, 5.41) is 0. The molecule has 1 aromatic rings. The van der Waals surface area contributed by atoms with E-state index in [1.807, 2.05) is 33.0 Å². The molecule has 0 radical (unpaired) electrons. The quantitative estimate of drug-likeness (QED) is 0.780. The van der Waals surface area contributed by atoms with Crippen LogP contribution in [-0.2, 0) is 4.74 Å². The van der Waals surface area contributed by atoms with E-state index in [1.165, 1.54) is 0 Å². The van der Waals surface area contributed by atoms with E-state index in [-0.39, 0.29) is 18.8 Å². The summed E-state index contributed by atoms with van der Waals surface area (Å²) in [6.45, 7) is 6.47. The zero-order valence-corrected chi connectivity index (χ0v) is 15.2. The van der Waals surface area contributed by atoms with E-state index in [4.69, 9.17) is 9.47 Å². The summed E-state index contributed by atoms with van der Waals surface area (Å²) in [5.41, 5.74) is 0.630. The Morgan fingerprint density at radius 1 is 1.40 bits per heavy atom. The summed E-state index contributed by atoms with van der Waals surface area (Å²) >= 11 is 0. The minimum absolute atomic E-state index is 0.0405. The molecule has 1 aliphatic carbocycles. The molecule has 2 heterocycles. The van der Waals surface area contributed by atoms with Crippen LogP contribution in [0.15, 0.2) is 18.5 Å². The lowest BCUT2D eigenvalue weighted by Gasteiger charge is -2.40. The van der Waals surface area contributed by atoms with Gasteiger partial charge < -0.3 is 14.4 Å². The summed E-state index contributed by atoms with van der Waals surface area (Å²) in [7, 11) is 0. The molecular formula is C19H27FN2O3. The number of ether oxygens (including phenoxy) is 2. The van der Waals surface area contributed by atoms with E-state index >= 15 is 0 Å². The first-order valence-electron chi connectivity index (χ1n) is 9.00. The molecule has 3 rings (SSSR count). The molecule has 5 nitrogen and oxygen atoms in total. The minimum atomic E-state index is -0.489. The Morgan fingerprint density at radius 3 is 2.84 bits per heavy atom.